The number of nitrogens with two attached hydrogens (primary N) is 1. The Balaban J connectivity index is 1.93. The van der Waals surface area contributed by atoms with E-state index in [-0.39, 0.29) is 5.60 Å². The quantitative estimate of drug-likeness (QED) is 0.884. The lowest BCUT2D eigenvalue weighted by atomic mass is 9.94. The summed E-state index contributed by atoms with van der Waals surface area (Å²) >= 11 is 0. The van der Waals surface area contributed by atoms with E-state index in [1.54, 1.807) is 0 Å². The summed E-state index contributed by atoms with van der Waals surface area (Å²) in [6.07, 6.45) is 3.34. The second-order valence-corrected chi connectivity index (χ2v) is 5.82. The van der Waals surface area contributed by atoms with E-state index in [4.69, 9.17) is 10.5 Å². The van der Waals surface area contributed by atoms with Gasteiger partial charge in [-0.1, -0.05) is 24.3 Å². The summed E-state index contributed by atoms with van der Waals surface area (Å²) < 4.78 is 5.64. The highest BCUT2D eigenvalue weighted by Gasteiger charge is 2.30. The number of nitrogens with zero attached hydrogens (tertiary/aromatic N) is 1. The van der Waals surface area contributed by atoms with Crippen molar-refractivity contribution in [2.45, 2.75) is 38.3 Å². The summed E-state index contributed by atoms with van der Waals surface area (Å²) in [5.41, 5.74) is 8.30. The Kier molecular flexibility index (Phi) is 4.97. The van der Waals surface area contributed by atoms with Gasteiger partial charge >= 0.3 is 0 Å². The predicted octanol–water partition coefficient (Wildman–Crippen LogP) is 2.19. The molecule has 106 valence electrons. The highest BCUT2D eigenvalue weighted by Crippen LogP contribution is 2.25. The molecule has 0 saturated carbocycles. The van der Waals surface area contributed by atoms with Crippen LogP contribution in [0.1, 0.15) is 30.9 Å². The van der Waals surface area contributed by atoms with Crippen LogP contribution in [0, 0.1) is 0 Å². The Morgan fingerprint density at radius 2 is 1.95 bits per heavy atom. The van der Waals surface area contributed by atoms with Gasteiger partial charge in [0.15, 0.2) is 0 Å². The van der Waals surface area contributed by atoms with Gasteiger partial charge in [-0.2, -0.15) is 0 Å². The van der Waals surface area contributed by atoms with Crippen LogP contribution in [0.2, 0.25) is 0 Å². The van der Waals surface area contributed by atoms with Crippen LogP contribution < -0.4 is 5.73 Å². The summed E-state index contributed by atoms with van der Waals surface area (Å²) in [5, 5.41) is 0. The molecular weight excluding hydrogens is 236 g/mol. The highest BCUT2D eigenvalue weighted by molar-refractivity contribution is 5.22. The van der Waals surface area contributed by atoms with E-state index < -0.39 is 0 Å². The summed E-state index contributed by atoms with van der Waals surface area (Å²) in [6.45, 7) is 6.14. The second kappa shape index (κ2) is 6.51. The van der Waals surface area contributed by atoms with Crippen molar-refractivity contribution in [1.82, 2.24) is 4.90 Å². The number of hydrogen-bond acceptors (Lipinski definition) is 3. The molecule has 1 atom stereocenters. The molecule has 1 aliphatic heterocycles. The molecule has 0 aliphatic carbocycles. The second-order valence-electron chi connectivity index (χ2n) is 5.82. The highest BCUT2D eigenvalue weighted by atomic mass is 16.5. The molecule has 2 N–H and O–H groups in total. The number of piperidine rings is 1. The Hall–Kier alpha value is -0.900. The van der Waals surface area contributed by atoms with Gasteiger partial charge in [-0.3, -0.25) is 4.90 Å². The third-order valence-electron chi connectivity index (χ3n) is 4.09. The fourth-order valence-corrected chi connectivity index (χ4v) is 2.85. The minimum Gasteiger partial charge on any atom is -0.377 e. The number of methoxy groups -OCH3 is 1. The molecular formula is C16H26N2O. The third-order valence-corrected chi connectivity index (χ3v) is 4.09. The molecule has 1 unspecified atom stereocenters. The Bertz CT molecular complexity index is 390. The molecule has 2 rings (SSSR count). The molecule has 1 fully saturated rings. The van der Waals surface area contributed by atoms with Crippen molar-refractivity contribution < 1.29 is 4.74 Å². The van der Waals surface area contributed by atoms with Crippen molar-refractivity contribution >= 4 is 0 Å². The minimum atomic E-state index is 0.0255. The van der Waals surface area contributed by atoms with Crippen LogP contribution in [0.25, 0.3) is 0 Å². The summed E-state index contributed by atoms with van der Waals surface area (Å²) in [7, 11) is 1.82. The maximum absolute atomic E-state index is 5.64. The van der Waals surface area contributed by atoms with Crippen LogP contribution in [0.3, 0.4) is 0 Å². The molecule has 1 heterocycles. The van der Waals surface area contributed by atoms with Crippen molar-refractivity contribution in [3.05, 3.63) is 35.4 Å². The molecule has 0 amide bonds. The number of ether oxygens (including phenoxy) is 1. The lowest BCUT2D eigenvalue weighted by molar-refractivity contribution is -0.0527. The SMILES string of the molecule is COC1(C)CCCN(Cc2ccc(CCN)cc2)C1. The normalized spacial score (nSPS) is 24.6. The number of benzene rings is 1. The van der Waals surface area contributed by atoms with Crippen LogP contribution in [-0.4, -0.2) is 37.2 Å². The maximum atomic E-state index is 5.64. The summed E-state index contributed by atoms with van der Waals surface area (Å²) in [4.78, 5) is 2.49. The smallest absolute Gasteiger partial charge is 0.0777 e. The molecule has 0 bridgehead atoms. The van der Waals surface area contributed by atoms with Gasteiger partial charge in [0.1, 0.15) is 0 Å². The van der Waals surface area contributed by atoms with Crippen molar-refractivity contribution in [3.63, 3.8) is 0 Å². The van der Waals surface area contributed by atoms with Crippen LogP contribution in [0.5, 0.6) is 0 Å². The molecule has 1 aromatic rings. The van der Waals surface area contributed by atoms with Crippen molar-refractivity contribution in [2.75, 3.05) is 26.7 Å². The van der Waals surface area contributed by atoms with Gasteiger partial charge in [0, 0.05) is 20.2 Å². The van der Waals surface area contributed by atoms with Gasteiger partial charge in [0.05, 0.1) is 5.60 Å². The molecule has 0 radical (unpaired) electrons. The summed E-state index contributed by atoms with van der Waals surface area (Å²) in [6, 6.07) is 8.84. The first-order valence-corrected chi connectivity index (χ1v) is 7.20. The molecule has 1 aliphatic rings. The largest absolute Gasteiger partial charge is 0.377 e. The van der Waals surface area contributed by atoms with E-state index in [1.807, 2.05) is 7.11 Å². The first-order valence-electron chi connectivity index (χ1n) is 7.20. The van der Waals surface area contributed by atoms with Gasteiger partial charge in [0.25, 0.3) is 0 Å². The Morgan fingerprint density at radius 3 is 2.58 bits per heavy atom. The van der Waals surface area contributed by atoms with Gasteiger partial charge in [-0.25, -0.2) is 0 Å². The first-order chi connectivity index (χ1) is 9.15. The van der Waals surface area contributed by atoms with E-state index in [9.17, 15) is 0 Å². The van der Waals surface area contributed by atoms with Gasteiger partial charge in [-0.15, -0.1) is 0 Å². The monoisotopic (exact) mass is 262 g/mol. The predicted molar refractivity (Wildman–Crippen MR) is 79.1 cm³/mol. The van der Waals surface area contributed by atoms with Gasteiger partial charge < -0.3 is 10.5 Å². The Labute approximate surface area is 116 Å². The zero-order valence-electron chi connectivity index (χ0n) is 12.2. The van der Waals surface area contributed by atoms with Crippen molar-refractivity contribution in [1.29, 1.82) is 0 Å². The van der Waals surface area contributed by atoms with E-state index >= 15 is 0 Å². The molecule has 19 heavy (non-hydrogen) atoms. The fourth-order valence-electron chi connectivity index (χ4n) is 2.85. The van der Waals surface area contributed by atoms with Crippen molar-refractivity contribution in [3.8, 4) is 0 Å². The van der Waals surface area contributed by atoms with E-state index in [0.717, 1.165) is 32.5 Å². The maximum Gasteiger partial charge on any atom is 0.0777 e. The standard InChI is InChI=1S/C16H26N2O/c1-16(19-2)9-3-11-18(13-16)12-15-6-4-14(5-7-15)8-10-17/h4-7H,3,8-13,17H2,1-2H3. The average molecular weight is 262 g/mol. The molecule has 0 aromatic heterocycles. The molecule has 1 aromatic carbocycles. The van der Waals surface area contributed by atoms with Crippen LogP contribution in [-0.2, 0) is 17.7 Å². The Morgan fingerprint density at radius 1 is 1.26 bits per heavy atom. The average Bonchev–Trinajstić information content (AvgIpc) is 2.42. The molecule has 3 heteroatoms. The molecule has 1 saturated heterocycles. The first kappa shape index (κ1) is 14.5. The van der Waals surface area contributed by atoms with Gasteiger partial charge in [0.2, 0.25) is 0 Å². The minimum absolute atomic E-state index is 0.0255. The summed E-state index contributed by atoms with van der Waals surface area (Å²) in [5.74, 6) is 0. The van der Waals surface area contributed by atoms with E-state index in [2.05, 4.69) is 36.1 Å². The number of likely N-dealkylation sites (tertiary alicyclic amines) is 1. The lowest BCUT2D eigenvalue weighted by Gasteiger charge is -2.39. The van der Waals surface area contributed by atoms with Gasteiger partial charge in [-0.05, 0) is 50.4 Å². The number of hydrogen-bond donors (Lipinski definition) is 1. The lowest BCUT2D eigenvalue weighted by Crippen LogP contribution is -2.46. The van der Waals surface area contributed by atoms with E-state index in [0.29, 0.717) is 0 Å². The molecule has 0 spiro atoms. The topological polar surface area (TPSA) is 38.5 Å². The fraction of sp³-hybridized carbons (Fsp3) is 0.625. The van der Waals surface area contributed by atoms with Crippen molar-refractivity contribution in [2.24, 2.45) is 5.73 Å². The van der Waals surface area contributed by atoms with Crippen LogP contribution in [0.4, 0.5) is 0 Å². The third kappa shape index (κ3) is 4.03. The zero-order chi connectivity index (χ0) is 13.7. The van der Waals surface area contributed by atoms with Crippen LogP contribution in [0.15, 0.2) is 24.3 Å². The number of rotatable bonds is 5. The molecule has 3 nitrogen and oxygen atoms in total. The zero-order valence-corrected chi connectivity index (χ0v) is 12.2. The van der Waals surface area contributed by atoms with E-state index in [1.165, 1.54) is 24.1 Å². The van der Waals surface area contributed by atoms with Crippen LogP contribution >= 0.6 is 0 Å².